The van der Waals surface area contributed by atoms with E-state index in [1.54, 1.807) is 0 Å². The van der Waals surface area contributed by atoms with E-state index < -0.39 is 6.10 Å². The number of hydrogen-bond acceptors (Lipinski definition) is 6. The van der Waals surface area contributed by atoms with E-state index in [1.807, 2.05) is 0 Å². The molecule has 0 aromatic carbocycles. The topological polar surface area (TPSA) is 78.9 Å². The Balaban J connectivity index is 4.17. The molecule has 0 aromatic heterocycles. The number of rotatable bonds is 71. The molecule has 0 aliphatic rings. The zero-order valence-electron chi connectivity index (χ0n) is 56.1. The van der Waals surface area contributed by atoms with Crippen molar-refractivity contribution in [3.05, 3.63) is 12.2 Å². The zero-order chi connectivity index (χ0) is 59.2. The molecule has 0 aliphatic heterocycles. The van der Waals surface area contributed by atoms with Gasteiger partial charge in [0.1, 0.15) is 13.2 Å². The zero-order valence-corrected chi connectivity index (χ0v) is 56.1. The highest BCUT2D eigenvalue weighted by Crippen LogP contribution is 2.20. The molecule has 0 bridgehead atoms. The van der Waals surface area contributed by atoms with Crippen molar-refractivity contribution < 1.29 is 28.6 Å². The molecule has 0 fully saturated rings. The maximum absolute atomic E-state index is 13.0. The first-order valence-corrected chi connectivity index (χ1v) is 37.7. The molecule has 0 rings (SSSR count). The quantitative estimate of drug-likeness (QED) is 0.0261. The molecule has 6 heteroatoms. The highest BCUT2D eigenvalue weighted by molar-refractivity contribution is 5.71. The van der Waals surface area contributed by atoms with Crippen LogP contribution in [0, 0.1) is 0 Å². The molecule has 0 radical (unpaired) electrons. The van der Waals surface area contributed by atoms with Gasteiger partial charge in [-0.2, -0.15) is 0 Å². The molecule has 1 atom stereocenters. The van der Waals surface area contributed by atoms with E-state index in [9.17, 15) is 14.4 Å². The van der Waals surface area contributed by atoms with Crippen LogP contribution in [0.15, 0.2) is 12.2 Å². The summed E-state index contributed by atoms with van der Waals surface area (Å²) in [5, 5.41) is 0. The molecule has 0 aromatic rings. The van der Waals surface area contributed by atoms with E-state index in [1.165, 1.54) is 334 Å². The maximum atomic E-state index is 13.0. The predicted octanol–water partition coefficient (Wildman–Crippen LogP) is 26.0. The van der Waals surface area contributed by atoms with E-state index in [4.69, 9.17) is 14.2 Å². The standard InChI is InChI=1S/C76H146O6/c1-4-7-10-13-16-19-22-25-28-30-32-34-35-36-37-38-39-40-41-43-44-46-48-51-54-57-60-63-66-69-75(78)81-72-73(71-80-74(77)68-65-62-59-56-53-50-27-24-21-18-15-12-9-6-3)82-76(79)70-67-64-61-58-55-52-49-47-45-42-33-31-29-26-23-20-17-14-11-8-5-2/h24,27,73H,4-23,25-26,28-72H2,1-3H3/b27-24-. The van der Waals surface area contributed by atoms with Crippen molar-refractivity contribution >= 4 is 17.9 Å². The van der Waals surface area contributed by atoms with Crippen molar-refractivity contribution in [2.45, 2.75) is 444 Å². The second-order valence-corrected chi connectivity index (χ2v) is 25.9. The van der Waals surface area contributed by atoms with Gasteiger partial charge in [-0.05, 0) is 44.9 Å². The summed E-state index contributed by atoms with van der Waals surface area (Å²) in [4.78, 5) is 38.5. The fraction of sp³-hybridized carbons (Fsp3) is 0.934. The van der Waals surface area contributed by atoms with E-state index in [0.717, 1.165) is 64.2 Å². The lowest BCUT2D eigenvalue weighted by Crippen LogP contribution is -2.30. The van der Waals surface area contributed by atoms with E-state index >= 15 is 0 Å². The molecular formula is C76H146O6. The second kappa shape index (κ2) is 71.6. The van der Waals surface area contributed by atoms with Gasteiger partial charge in [0.2, 0.25) is 0 Å². The SMILES string of the molecule is CCCCCCC/C=C\CCCCCCCC(=O)OCC(COC(=O)CCCCCCCCCCCCCCCCCCCCCCCCCCCCCCC)OC(=O)CCCCCCCCCCCCCCCCCCCCCCC. The molecule has 486 valence electrons. The summed E-state index contributed by atoms with van der Waals surface area (Å²) >= 11 is 0. The summed E-state index contributed by atoms with van der Waals surface area (Å²) in [6.07, 6.45) is 86.9. The van der Waals surface area contributed by atoms with E-state index in [2.05, 4.69) is 32.9 Å². The van der Waals surface area contributed by atoms with Crippen LogP contribution in [0.3, 0.4) is 0 Å². The second-order valence-electron chi connectivity index (χ2n) is 25.9. The van der Waals surface area contributed by atoms with Crippen LogP contribution in [0.1, 0.15) is 438 Å². The largest absolute Gasteiger partial charge is 0.462 e. The van der Waals surface area contributed by atoms with Crippen molar-refractivity contribution in [1.82, 2.24) is 0 Å². The molecule has 0 saturated heterocycles. The smallest absolute Gasteiger partial charge is 0.306 e. The summed E-state index contributed by atoms with van der Waals surface area (Å²) in [7, 11) is 0. The number of ether oxygens (including phenoxy) is 3. The molecular weight excluding hydrogens is 1010 g/mol. The van der Waals surface area contributed by atoms with Gasteiger partial charge in [-0.3, -0.25) is 14.4 Å². The third kappa shape index (κ3) is 68.9. The Bertz CT molecular complexity index is 1280. The number of hydrogen-bond donors (Lipinski definition) is 0. The summed E-state index contributed by atoms with van der Waals surface area (Å²) < 4.78 is 17.0. The minimum atomic E-state index is -0.770. The highest BCUT2D eigenvalue weighted by Gasteiger charge is 2.20. The average Bonchev–Trinajstić information content (AvgIpc) is 3.48. The predicted molar refractivity (Wildman–Crippen MR) is 358 cm³/mol. The lowest BCUT2D eigenvalue weighted by molar-refractivity contribution is -0.167. The Morgan fingerprint density at radius 2 is 0.402 bits per heavy atom. The van der Waals surface area contributed by atoms with Gasteiger partial charge in [0, 0.05) is 19.3 Å². The summed E-state index contributed by atoms with van der Waals surface area (Å²) in [6, 6.07) is 0. The first-order chi connectivity index (χ1) is 40.5. The van der Waals surface area contributed by atoms with Crippen LogP contribution in [0.25, 0.3) is 0 Å². The van der Waals surface area contributed by atoms with Gasteiger partial charge < -0.3 is 14.2 Å². The molecule has 82 heavy (non-hydrogen) atoms. The van der Waals surface area contributed by atoms with Crippen LogP contribution in [0.4, 0.5) is 0 Å². The molecule has 0 amide bonds. The van der Waals surface area contributed by atoms with Gasteiger partial charge in [-0.15, -0.1) is 0 Å². The first-order valence-electron chi connectivity index (χ1n) is 37.7. The van der Waals surface area contributed by atoms with Crippen molar-refractivity contribution in [1.29, 1.82) is 0 Å². The minimum Gasteiger partial charge on any atom is -0.462 e. The van der Waals surface area contributed by atoms with Crippen LogP contribution in [0.5, 0.6) is 0 Å². The summed E-state index contributed by atoms with van der Waals surface area (Å²) in [6.45, 7) is 6.72. The monoisotopic (exact) mass is 1160 g/mol. The van der Waals surface area contributed by atoms with Gasteiger partial charge in [0.25, 0.3) is 0 Å². The average molecular weight is 1160 g/mol. The number of carbonyl (C=O) groups is 3. The van der Waals surface area contributed by atoms with Crippen LogP contribution < -0.4 is 0 Å². The fourth-order valence-corrected chi connectivity index (χ4v) is 11.9. The van der Waals surface area contributed by atoms with Crippen LogP contribution in [0.2, 0.25) is 0 Å². The molecule has 6 nitrogen and oxygen atoms in total. The molecule has 0 N–H and O–H groups in total. The Kier molecular flexibility index (Phi) is 70.0. The normalized spacial score (nSPS) is 12.0. The highest BCUT2D eigenvalue weighted by atomic mass is 16.6. The molecule has 0 saturated carbocycles. The Labute approximate surface area is 513 Å². The van der Waals surface area contributed by atoms with Crippen LogP contribution >= 0.6 is 0 Å². The third-order valence-corrected chi connectivity index (χ3v) is 17.5. The van der Waals surface area contributed by atoms with Gasteiger partial charge in [-0.1, -0.05) is 386 Å². The first kappa shape index (κ1) is 80.2. The minimum absolute atomic E-state index is 0.0654. The van der Waals surface area contributed by atoms with Crippen LogP contribution in [-0.4, -0.2) is 37.2 Å². The Hall–Kier alpha value is -1.85. The lowest BCUT2D eigenvalue weighted by Gasteiger charge is -2.18. The van der Waals surface area contributed by atoms with Crippen molar-refractivity contribution in [2.75, 3.05) is 13.2 Å². The number of esters is 3. The van der Waals surface area contributed by atoms with Gasteiger partial charge in [0.05, 0.1) is 0 Å². The summed E-state index contributed by atoms with van der Waals surface area (Å²) in [5.74, 6) is -0.836. The van der Waals surface area contributed by atoms with Gasteiger partial charge >= 0.3 is 17.9 Å². The van der Waals surface area contributed by atoms with Crippen molar-refractivity contribution in [3.8, 4) is 0 Å². The number of unbranched alkanes of at least 4 members (excludes halogenated alkanes) is 58. The molecule has 0 aliphatic carbocycles. The van der Waals surface area contributed by atoms with Crippen molar-refractivity contribution in [2.24, 2.45) is 0 Å². The number of allylic oxidation sites excluding steroid dienone is 2. The third-order valence-electron chi connectivity index (χ3n) is 17.5. The van der Waals surface area contributed by atoms with Gasteiger partial charge in [0.15, 0.2) is 6.10 Å². The van der Waals surface area contributed by atoms with Gasteiger partial charge in [-0.25, -0.2) is 0 Å². The lowest BCUT2D eigenvalue weighted by atomic mass is 10.0. The Morgan fingerprint density at radius 1 is 0.232 bits per heavy atom. The molecule has 0 heterocycles. The van der Waals surface area contributed by atoms with Crippen LogP contribution in [-0.2, 0) is 28.6 Å². The fourth-order valence-electron chi connectivity index (χ4n) is 11.9. The van der Waals surface area contributed by atoms with E-state index in [0.29, 0.717) is 19.3 Å². The molecule has 0 spiro atoms. The van der Waals surface area contributed by atoms with Crippen molar-refractivity contribution in [3.63, 3.8) is 0 Å². The molecule has 1 unspecified atom stereocenters. The number of carbonyl (C=O) groups excluding carboxylic acids is 3. The summed E-state index contributed by atoms with van der Waals surface area (Å²) in [5.41, 5.74) is 0. The Morgan fingerprint density at radius 3 is 0.610 bits per heavy atom. The van der Waals surface area contributed by atoms with E-state index in [-0.39, 0.29) is 31.1 Å². The maximum Gasteiger partial charge on any atom is 0.306 e.